The number of carbonyl (C=O) groups excluding carboxylic acids is 1. The van der Waals surface area contributed by atoms with Crippen molar-refractivity contribution in [2.75, 3.05) is 13.1 Å². The Bertz CT molecular complexity index is 973. The maximum Gasteiger partial charge on any atom is 0.254 e. The minimum absolute atomic E-state index is 0.0993. The maximum absolute atomic E-state index is 13.4. The number of fused-ring (bicyclic) bond motifs is 1. The maximum atomic E-state index is 13.4. The van der Waals surface area contributed by atoms with E-state index in [0.717, 1.165) is 40.8 Å². The molecule has 2 heterocycles. The molecule has 1 fully saturated rings. The highest BCUT2D eigenvalue weighted by Gasteiger charge is 2.27. The van der Waals surface area contributed by atoms with Crippen molar-refractivity contribution in [2.45, 2.75) is 20.3 Å². The fourth-order valence-electron chi connectivity index (χ4n) is 4.12. The van der Waals surface area contributed by atoms with Gasteiger partial charge in [0.05, 0.1) is 16.8 Å². The molecular weight excluding hydrogens is 356 g/mol. The first-order chi connectivity index (χ1) is 13.0. The van der Waals surface area contributed by atoms with Crippen LogP contribution in [-0.4, -0.2) is 28.9 Å². The summed E-state index contributed by atoms with van der Waals surface area (Å²) < 4.78 is 0. The molecule has 0 radical (unpaired) electrons. The molecule has 3 aromatic rings. The first-order valence-corrected chi connectivity index (χ1v) is 9.84. The zero-order chi connectivity index (χ0) is 19.0. The molecule has 1 amide bonds. The molecule has 0 N–H and O–H groups in total. The first-order valence-electron chi connectivity index (χ1n) is 9.46. The number of piperidine rings is 1. The average Bonchev–Trinajstić information content (AvgIpc) is 2.66. The largest absolute Gasteiger partial charge is 0.338 e. The van der Waals surface area contributed by atoms with Crippen LogP contribution in [0.3, 0.4) is 0 Å². The van der Waals surface area contributed by atoms with Gasteiger partial charge in [0.15, 0.2) is 0 Å². The molecule has 0 saturated carbocycles. The molecule has 2 aromatic carbocycles. The molecule has 4 rings (SSSR count). The molecule has 1 saturated heterocycles. The number of aromatic nitrogens is 1. The normalized spacial score (nSPS) is 20.0. The number of nitrogens with zero attached hydrogens (tertiary/aromatic N) is 2. The van der Waals surface area contributed by atoms with Gasteiger partial charge in [0.1, 0.15) is 0 Å². The molecule has 2 atom stereocenters. The van der Waals surface area contributed by atoms with Gasteiger partial charge in [-0.1, -0.05) is 55.8 Å². The van der Waals surface area contributed by atoms with Gasteiger partial charge in [0, 0.05) is 29.1 Å². The Kier molecular flexibility index (Phi) is 4.88. The van der Waals surface area contributed by atoms with Gasteiger partial charge in [0.25, 0.3) is 5.91 Å². The van der Waals surface area contributed by atoms with Crippen molar-refractivity contribution in [3.05, 3.63) is 65.2 Å². The molecule has 27 heavy (non-hydrogen) atoms. The van der Waals surface area contributed by atoms with Crippen LogP contribution in [-0.2, 0) is 0 Å². The lowest BCUT2D eigenvalue weighted by atomic mass is 9.91. The number of halogens is 1. The fourth-order valence-corrected chi connectivity index (χ4v) is 4.25. The van der Waals surface area contributed by atoms with E-state index < -0.39 is 0 Å². The summed E-state index contributed by atoms with van der Waals surface area (Å²) in [6.07, 6.45) is 1.18. The second-order valence-electron chi connectivity index (χ2n) is 7.74. The second-order valence-corrected chi connectivity index (χ2v) is 8.17. The highest BCUT2D eigenvalue weighted by atomic mass is 35.5. The van der Waals surface area contributed by atoms with Crippen LogP contribution in [0.15, 0.2) is 54.6 Å². The van der Waals surface area contributed by atoms with Crippen LogP contribution in [0, 0.1) is 11.8 Å². The molecule has 1 aliphatic heterocycles. The van der Waals surface area contributed by atoms with Crippen LogP contribution in [0.2, 0.25) is 5.02 Å². The zero-order valence-electron chi connectivity index (χ0n) is 15.7. The standard InChI is InChI=1S/C23H23ClN2O/c1-15-11-16(2)14-26(13-15)23(27)20-12-22(17-7-9-18(24)10-8-17)25-21-6-4-3-5-19(20)21/h3-10,12,15-16H,11,13-14H2,1-2H3. The number of likely N-dealkylation sites (tertiary alicyclic amines) is 1. The Balaban J connectivity index is 1.81. The van der Waals surface area contributed by atoms with Crippen molar-refractivity contribution in [3.8, 4) is 11.3 Å². The first kappa shape index (κ1) is 18.0. The Morgan fingerprint density at radius 3 is 2.41 bits per heavy atom. The van der Waals surface area contributed by atoms with Gasteiger partial charge in [-0.25, -0.2) is 4.98 Å². The van der Waals surface area contributed by atoms with Crippen molar-refractivity contribution in [1.82, 2.24) is 9.88 Å². The van der Waals surface area contributed by atoms with E-state index in [1.54, 1.807) is 0 Å². The van der Waals surface area contributed by atoms with E-state index in [1.807, 2.05) is 59.5 Å². The average molecular weight is 379 g/mol. The number of amides is 1. The monoisotopic (exact) mass is 378 g/mol. The molecule has 0 aliphatic carbocycles. The van der Waals surface area contributed by atoms with Crippen LogP contribution in [0.25, 0.3) is 22.2 Å². The van der Waals surface area contributed by atoms with Crippen LogP contribution in [0.4, 0.5) is 0 Å². The highest BCUT2D eigenvalue weighted by Crippen LogP contribution is 2.29. The second kappa shape index (κ2) is 7.32. The predicted molar refractivity (Wildman–Crippen MR) is 111 cm³/mol. The van der Waals surface area contributed by atoms with Crippen LogP contribution >= 0.6 is 11.6 Å². The molecule has 0 bridgehead atoms. The lowest BCUT2D eigenvalue weighted by molar-refractivity contribution is 0.0625. The summed E-state index contributed by atoms with van der Waals surface area (Å²) in [5, 5.41) is 1.60. The third-order valence-electron chi connectivity index (χ3n) is 5.24. The SMILES string of the molecule is CC1CC(C)CN(C(=O)c2cc(-c3ccc(Cl)cc3)nc3ccccc23)C1. The quantitative estimate of drug-likeness (QED) is 0.575. The molecule has 1 aromatic heterocycles. The third kappa shape index (κ3) is 3.70. The van der Waals surface area contributed by atoms with E-state index in [0.29, 0.717) is 16.9 Å². The molecule has 2 unspecified atom stereocenters. The lowest BCUT2D eigenvalue weighted by Gasteiger charge is -2.35. The van der Waals surface area contributed by atoms with Crippen molar-refractivity contribution < 1.29 is 4.79 Å². The van der Waals surface area contributed by atoms with Gasteiger partial charge in [-0.3, -0.25) is 4.79 Å². The van der Waals surface area contributed by atoms with Crippen molar-refractivity contribution in [2.24, 2.45) is 11.8 Å². The van der Waals surface area contributed by atoms with Crippen molar-refractivity contribution >= 4 is 28.4 Å². The summed E-state index contributed by atoms with van der Waals surface area (Å²) in [6.45, 7) is 6.08. The van der Waals surface area contributed by atoms with Crippen LogP contribution in [0.5, 0.6) is 0 Å². The topological polar surface area (TPSA) is 33.2 Å². The van der Waals surface area contributed by atoms with Crippen molar-refractivity contribution in [3.63, 3.8) is 0 Å². The fraction of sp³-hybridized carbons (Fsp3) is 0.304. The summed E-state index contributed by atoms with van der Waals surface area (Å²) >= 11 is 6.02. The van der Waals surface area contributed by atoms with E-state index in [4.69, 9.17) is 16.6 Å². The van der Waals surface area contributed by atoms with Gasteiger partial charge < -0.3 is 4.90 Å². The molecule has 0 spiro atoms. The van der Waals surface area contributed by atoms with E-state index >= 15 is 0 Å². The summed E-state index contributed by atoms with van der Waals surface area (Å²) in [6, 6.07) is 17.4. The Morgan fingerprint density at radius 1 is 1.04 bits per heavy atom. The summed E-state index contributed by atoms with van der Waals surface area (Å²) in [5.41, 5.74) is 3.32. The van der Waals surface area contributed by atoms with Crippen LogP contribution in [0.1, 0.15) is 30.6 Å². The van der Waals surface area contributed by atoms with Crippen LogP contribution < -0.4 is 0 Å². The van der Waals surface area contributed by atoms with Gasteiger partial charge in [0.2, 0.25) is 0 Å². The smallest absolute Gasteiger partial charge is 0.254 e. The van der Waals surface area contributed by atoms with E-state index in [1.165, 1.54) is 6.42 Å². The van der Waals surface area contributed by atoms with E-state index in [-0.39, 0.29) is 5.91 Å². The molecular formula is C23H23ClN2O. The number of rotatable bonds is 2. The Labute approximate surface area is 165 Å². The highest BCUT2D eigenvalue weighted by molar-refractivity contribution is 6.30. The van der Waals surface area contributed by atoms with E-state index in [9.17, 15) is 4.79 Å². The molecule has 138 valence electrons. The number of benzene rings is 2. The number of para-hydroxylation sites is 1. The Morgan fingerprint density at radius 2 is 1.70 bits per heavy atom. The molecule has 4 heteroatoms. The minimum atomic E-state index is 0.0993. The summed E-state index contributed by atoms with van der Waals surface area (Å²) in [7, 11) is 0. The molecule has 3 nitrogen and oxygen atoms in total. The predicted octanol–water partition coefficient (Wildman–Crippen LogP) is 5.67. The summed E-state index contributed by atoms with van der Waals surface area (Å²) in [4.78, 5) is 20.2. The summed E-state index contributed by atoms with van der Waals surface area (Å²) in [5.74, 6) is 1.16. The Hall–Kier alpha value is -2.39. The minimum Gasteiger partial charge on any atom is -0.338 e. The number of pyridine rings is 1. The van der Waals surface area contributed by atoms with Crippen molar-refractivity contribution in [1.29, 1.82) is 0 Å². The van der Waals surface area contributed by atoms with Gasteiger partial charge in [-0.2, -0.15) is 0 Å². The zero-order valence-corrected chi connectivity index (χ0v) is 16.4. The lowest BCUT2D eigenvalue weighted by Crippen LogP contribution is -2.42. The van der Waals surface area contributed by atoms with Gasteiger partial charge in [-0.05, 0) is 42.5 Å². The number of carbonyl (C=O) groups is 1. The third-order valence-corrected chi connectivity index (χ3v) is 5.49. The van der Waals surface area contributed by atoms with Gasteiger partial charge in [-0.15, -0.1) is 0 Å². The molecule has 1 aliphatic rings. The number of hydrogen-bond acceptors (Lipinski definition) is 2. The van der Waals surface area contributed by atoms with E-state index in [2.05, 4.69) is 13.8 Å². The van der Waals surface area contributed by atoms with Gasteiger partial charge >= 0.3 is 0 Å². The number of hydrogen-bond donors (Lipinski definition) is 0.